The summed E-state index contributed by atoms with van der Waals surface area (Å²) in [6.45, 7) is 10.4. The summed E-state index contributed by atoms with van der Waals surface area (Å²) in [5.74, 6) is 0.115. The van der Waals surface area contributed by atoms with E-state index in [0.717, 1.165) is 24.8 Å². The van der Waals surface area contributed by atoms with Crippen LogP contribution in [0.4, 0.5) is 0 Å². The van der Waals surface area contributed by atoms with Gasteiger partial charge in [0.25, 0.3) is 0 Å². The van der Waals surface area contributed by atoms with Crippen molar-refractivity contribution in [3.8, 4) is 0 Å². The topological polar surface area (TPSA) is 95.1 Å². The Morgan fingerprint density at radius 2 is 1.75 bits per heavy atom. The smallest absolute Gasteiger partial charge is 0.194 e. The molecule has 0 spiro atoms. The lowest BCUT2D eigenvalue weighted by Crippen LogP contribution is -2.13. The van der Waals surface area contributed by atoms with Crippen LogP contribution in [0.3, 0.4) is 0 Å². The van der Waals surface area contributed by atoms with Gasteiger partial charge in [0, 0.05) is 29.1 Å². The molecule has 36 heavy (non-hydrogen) atoms. The molecule has 0 saturated heterocycles. The Morgan fingerprint density at radius 3 is 2.31 bits per heavy atom. The van der Waals surface area contributed by atoms with Crippen LogP contribution in [0.5, 0.6) is 0 Å². The lowest BCUT2D eigenvalue weighted by molar-refractivity contribution is 0.00824. The van der Waals surface area contributed by atoms with Crippen LogP contribution in [0.1, 0.15) is 116 Å². The van der Waals surface area contributed by atoms with Crippen molar-refractivity contribution < 1.29 is 23.5 Å². The fourth-order valence-corrected chi connectivity index (χ4v) is 4.60. The molecular formula is C29H48INO5. The molecule has 3 atom stereocenters. The molecule has 0 radical (unpaired) electrons. The van der Waals surface area contributed by atoms with Crippen LogP contribution in [0.25, 0.3) is 5.57 Å². The van der Waals surface area contributed by atoms with Gasteiger partial charge in [0.05, 0.1) is 12.6 Å². The van der Waals surface area contributed by atoms with Gasteiger partial charge >= 0.3 is 0 Å². The molecule has 7 heteroatoms. The summed E-state index contributed by atoms with van der Waals surface area (Å²) >= 11 is 1.64. The zero-order valence-electron chi connectivity index (χ0n) is 22.8. The van der Waals surface area contributed by atoms with E-state index in [2.05, 4.69) is 26.8 Å². The number of hydrogen-bond donors (Lipinski definition) is 4. The number of halogens is 1. The van der Waals surface area contributed by atoms with Gasteiger partial charge in [0.2, 0.25) is 0 Å². The van der Waals surface area contributed by atoms with Crippen LogP contribution in [-0.2, 0) is 3.07 Å². The first-order valence-electron chi connectivity index (χ1n) is 13.3. The first-order valence-corrected chi connectivity index (χ1v) is 14.2. The summed E-state index contributed by atoms with van der Waals surface area (Å²) in [6.07, 6.45) is 16.4. The van der Waals surface area contributed by atoms with Crippen molar-refractivity contribution >= 4 is 28.6 Å². The minimum atomic E-state index is -1.71. The van der Waals surface area contributed by atoms with Crippen LogP contribution in [0.15, 0.2) is 41.8 Å². The molecule has 1 aromatic heterocycles. The highest BCUT2D eigenvalue weighted by molar-refractivity contribution is 14.1. The van der Waals surface area contributed by atoms with Crippen LogP contribution < -0.4 is 0 Å². The third-order valence-corrected chi connectivity index (χ3v) is 7.36. The summed E-state index contributed by atoms with van der Waals surface area (Å²) < 4.78 is 6.98. The third kappa shape index (κ3) is 11.2. The number of allylic oxidation sites excluding steroid dienone is 5. The second-order valence-electron chi connectivity index (χ2n) is 9.81. The molecule has 0 aliphatic heterocycles. The van der Waals surface area contributed by atoms with E-state index >= 15 is 0 Å². The van der Waals surface area contributed by atoms with Crippen LogP contribution >= 0.6 is 23.0 Å². The molecule has 0 aliphatic rings. The highest BCUT2D eigenvalue weighted by Gasteiger charge is 2.24. The summed E-state index contributed by atoms with van der Waals surface area (Å²) in [6, 6.07) is -0.239. The molecule has 1 aromatic rings. The van der Waals surface area contributed by atoms with Crippen LogP contribution in [-0.4, -0.2) is 37.9 Å². The summed E-state index contributed by atoms with van der Waals surface area (Å²) in [4.78, 5) is 0. The SMILES string of the molecule is C/C=C(\C)CC(CO)n1cc(/C(=C\C(CC)C/C=C(\C)CCCCCCC)C(O)O)c(C(O)OI)c1. The molecule has 0 bridgehead atoms. The van der Waals surface area contributed by atoms with Gasteiger partial charge in [-0.15, -0.1) is 0 Å². The standard InChI is InChI=1S/C29H48INO5/c1-6-9-10-11-12-13-22(5)14-15-23(8-3)17-25(28(33)34)26-18-31(19-27(26)29(35)36-30)24(20-32)16-21(4)7-2/h7,14,17-19,23-24,28-29,32-35H,6,8-13,15-16,20H2,1-5H3/b21-7+,22-14+,25-17+. The predicted octanol–water partition coefficient (Wildman–Crippen LogP) is 7.15. The van der Waals surface area contributed by atoms with E-state index in [9.17, 15) is 20.4 Å². The first-order chi connectivity index (χ1) is 17.2. The number of hydrogen-bond acceptors (Lipinski definition) is 5. The Balaban J connectivity index is 3.22. The molecule has 0 aliphatic carbocycles. The Labute approximate surface area is 232 Å². The minimum absolute atomic E-state index is 0.0826. The van der Waals surface area contributed by atoms with Crippen LogP contribution in [0.2, 0.25) is 0 Å². The number of aliphatic hydroxyl groups is 4. The van der Waals surface area contributed by atoms with Gasteiger partial charge in [-0.05, 0) is 58.8 Å². The number of unbranched alkanes of at least 4 members (excludes halogenated alkanes) is 4. The van der Waals surface area contributed by atoms with Gasteiger partial charge in [-0.2, -0.15) is 0 Å². The van der Waals surface area contributed by atoms with Crippen molar-refractivity contribution in [2.45, 2.75) is 111 Å². The zero-order chi connectivity index (χ0) is 27.1. The largest absolute Gasteiger partial charge is 0.394 e. The molecule has 0 fully saturated rings. The second kappa shape index (κ2) is 18.3. The third-order valence-electron chi connectivity index (χ3n) is 6.88. The van der Waals surface area contributed by atoms with Gasteiger partial charge in [0.1, 0.15) is 23.0 Å². The van der Waals surface area contributed by atoms with E-state index in [-0.39, 0.29) is 18.6 Å². The van der Waals surface area contributed by atoms with Crippen molar-refractivity contribution in [1.82, 2.24) is 4.57 Å². The molecular weight excluding hydrogens is 569 g/mol. The highest BCUT2D eigenvalue weighted by atomic mass is 127. The Kier molecular flexibility index (Phi) is 16.8. The van der Waals surface area contributed by atoms with Crippen molar-refractivity contribution in [2.24, 2.45) is 5.92 Å². The molecule has 4 N–H and O–H groups in total. The lowest BCUT2D eigenvalue weighted by Gasteiger charge is -2.17. The Morgan fingerprint density at radius 1 is 1.06 bits per heavy atom. The van der Waals surface area contributed by atoms with Gasteiger partial charge < -0.3 is 25.0 Å². The fraction of sp³-hybridized carbons (Fsp3) is 0.655. The molecule has 1 heterocycles. The van der Waals surface area contributed by atoms with E-state index < -0.39 is 12.6 Å². The van der Waals surface area contributed by atoms with Crippen LogP contribution in [0, 0.1) is 5.92 Å². The maximum absolute atomic E-state index is 10.5. The maximum Gasteiger partial charge on any atom is 0.194 e. The number of rotatable bonds is 18. The minimum Gasteiger partial charge on any atom is -0.394 e. The lowest BCUT2D eigenvalue weighted by atomic mass is 9.93. The summed E-state index contributed by atoms with van der Waals surface area (Å²) in [5.41, 5.74) is 3.80. The van der Waals surface area contributed by atoms with E-state index in [0.29, 0.717) is 23.1 Å². The van der Waals surface area contributed by atoms with Gasteiger partial charge in [-0.25, -0.2) is 0 Å². The Hall–Kier alpha value is -0.970. The van der Waals surface area contributed by atoms with E-state index in [1.54, 1.807) is 35.4 Å². The molecule has 1 rings (SSSR count). The van der Waals surface area contributed by atoms with E-state index in [1.807, 2.05) is 30.6 Å². The number of nitrogens with zero attached hydrogens (tertiary/aromatic N) is 1. The van der Waals surface area contributed by atoms with Crippen molar-refractivity contribution in [3.63, 3.8) is 0 Å². The first kappa shape index (κ1) is 33.1. The van der Waals surface area contributed by atoms with Crippen molar-refractivity contribution in [3.05, 3.63) is 52.9 Å². The summed E-state index contributed by atoms with van der Waals surface area (Å²) in [5, 5.41) is 41.2. The van der Waals surface area contributed by atoms with Crippen molar-refractivity contribution in [2.75, 3.05) is 6.61 Å². The predicted molar refractivity (Wildman–Crippen MR) is 156 cm³/mol. The average Bonchev–Trinajstić information content (AvgIpc) is 3.31. The molecule has 3 unspecified atom stereocenters. The van der Waals surface area contributed by atoms with Crippen molar-refractivity contribution in [1.29, 1.82) is 0 Å². The molecule has 0 saturated carbocycles. The fourth-order valence-electron chi connectivity index (χ4n) is 4.33. The van der Waals surface area contributed by atoms with Gasteiger partial charge in [-0.3, -0.25) is 3.07 Å². The molecule has 0 aromatic carbocycles. The monoisotopic (exact) mass is 617 g/mol. The molecule has 6 nitrogen and oxygen atoms in total. The highest BCUT2D eigenvalue weighted by Crippen LogP contribution is 2.33. The molecule has 206 valence electrons. The average molecular weight is 618 g/mol. The quantitative estimate of drug-likeness (QED) is 0.0608. The zero-order valence-corrected chi connectivity index (χ0v) is 24.9. The Bertz CT molecular complexity index is 843. The number of aromatic nitrogens is 1. The van der Waals surface area contributed by atoms with E-state index in [1.165, 1.54) is 37.7 Å². The van der Waals surface area contributed by atoms with E-state index in [4.69, 9.17) is 3.07 Å². The number of aliphatic hydroxyl groups excluding tert-OH is 3. The second-order valence-corrected chi connectivity index (χ2v) is 10.3. The normalized spacial score (nSPS) is 16.0. The van der Waals surface area contributed by atoms with Gasteiger partial charge in [0.15, 0.2) is 12.6 Å². The maximum atomic E-state index is 10.5. The van der Waals surface area contributed by atoms with Gasteiger partial charge in [-0.1, -0.05) is 68.9 Å². The summed E-state index contributed by atoms with van der Waals surface area (Å²) in [7, 11) is 0. The molecule has 0 amide bonds.